The molecule has 0 saturated carbocycles. The largest absolute Gasteiger partial charge is 0.456 e. The van der Waals surface area contributed by atoms with Crippen molar-refractivity contribution in [2.45, 2.75) is 115 Å². The molecule has 0 unspecified atom stereocenters. The summed E-state index contributed by atoms with van der Waals surface area (Å²) in [5, 5.41) is 27.4. The molecule has 5 heteroatoms. The van der Waals surface area contributed by atoms with Gasteiger partial charge in [-0.2, -0.15) is 0 Å². The molecule has 156 valence electrons. The highest BCUT2D eigenvalue weighted by atomic mass is 16.6. The number of unbranched alkanes of at least 4 members (excludes halogenated alkanes) is 13. The first-order chi connectivity index (χ1) is 12.7. The summed E-state index contributed by atoms with van der Waals surface area (Å²) in [4.78, 5) is 11.5. The standard InChI is InChI=1S/C21H42O5/c1-2-3-4-5-6-7-8-9-10-11-12-13-14-15-16-20(24)21(25)26-19(17-22)18-23/h19-20,22-24H,2-18H2,1H3/t20-/m0/s1. The van der Waals surface area contributed by atoms with Crippen LogP contribution in [0.1, 0.15) is 103 Å². The van der Waals surface area contributed by atoms with Crippen molar-refractivity contribution in [1.29, 1.82) is 0 Å². The van der Waals surface area contributed by atoms with Gasteiger partial charge in [0.25, 0.3) is 0 Å². The van der Waals surface area contributed by atoms with Crippen molar-refractivity contribution in [2.24, 2.45) is 0 Å². The van der Waals surface area contributed by atoms with Crippen LogP contribution in [0.2, 0.25) is 0 Å². The van der Waals surface area contributed by atoms with Crippen LogP contribution in [0.15, 0.2) is 0 Å². The first-order valence-electron chi connectivity index (χ1n) is 10.8. The van der Waals surface area contributed by atoms with Crippen LogP contribution < -0.4 is 0 Å². The Labute approximate surface area is 160 Å². The molecule has 0 rings (SSSR count). The maximum Gasteiger partial charge on any atom is 0.335 e. The fourth-order valence-electron chi connectivity index (χ4n) is 3.03. The Kier molecular flexibility index (Phi) is 18.6. The Hall–Kier alpha value is -0.650. The van der Waals surface area contributed by atoms with Crippen molar-refractivity contribution >= 4 is 5.97 Å². The molecular formula is C21H42O5. The van der Waals surface area contributed by atoms with Crippen LogP contribution in [0.5, 0.6) is 0 Å². The van der Waals surface area contributed by atoms with Crippen molar-refractivity contribution in [3.63, 3.8) is 0 Å². The maximum atomic E-state index is 11.5. The Morgan fingerprint density at radius 3 is 1.50 bits per heavy atom. The van der Waals surface area contributed by atoms with Crippen molar-refractivity contribution in [3.8, 4) is 0 Å². The van der Waals surface area contributed by atoms with Gasteiger partial charge in [-0.05, 0) is 6.42 Å². The number of ether oxygens (including phenoxy) is 1. The molecule has 0 aromatic heterocycles. The molecule has 3 N–H and O–H groups in total. The van der Waals surface area contributed by atoms with E-state index in [1.807, 2.05) is 0 Å². The van der Waals surface area contributed by atoms with Gasteiger partial charge in [0, 0.05) is 0 Å². The second kappa shape index (κ2) is 19.1. The summed E-state index contributed by atoms with van der Waals surface area (Å²) in [6, 6.07) is 0. The van der Waals surface area contributed by atoms with E-state index in [4.69, 9.17) is 14.9 Å². The minimum absolute atomic E-state index is 0.375. The molecule has 0 fully saturated rings. The number of aliphatic hydroxyl groups excluding tert-OH is 3. The lowest BCUT2D eigenvalue weighted by Crippen LogP contribution is -2.32. The predicted molar refractivity (Wildman–Crippen MR) is 105 cm³/mol. The van der Waals surface area contributed by atoms with Gasteiger partial charge in [0.05, 0.1) is 13.2 Å². The van der Waals surface area contributed by atoms with Crippen LogP contribution in [0.4, 0.5) is 0 Å². The highest BCUT2D eigenvalue weighted by molar-refractivity contribution is 5.74. The van der Waals surface area contributed by atoms with Gasteiger partial charge in [0.2, 0.25) is 0 Å². The summed E-state index contributed by atoms with van der Waals surface area (Å²) in [5.74, 6) is -0.757. The monoisotopic (exact) mass is 374 g/mol. The summed E-state index contributed by atoms with van der Waals surface area (Å²) >= 11 is 0. The van der Waals surface area contributed by atoms with Gasteiger partial charge in [0.15, 0.2) is 6.10 Å². The van der Waals surface area contributed by atoms with Gasteiger partial charge < -0.3 is 20.1 Å². The Morgan fingerprint density at radius 1 is 0.731 bits per heavy atom. The van der Waals surface area contributed by atoms with E-state index in [0.29, 0.717) is 6.42 Å². The average Bonchev–Trinajstić information content (AvgIpc) is 2.65. The minimum atomic E-state index is -1.16. The zero-order chi connectivity index (χ0) is 19.5. The molecule has 5 nitrogen and oxygen atoms in total. The molecule has 0 aliphatic rings. The van der Waals surface area contributed by atoms with Crippen LogP contribution in [0.3, 0.4) is 0 Å². The summed E-state index contributed by atoms with van der Waals surface area (Å²) in [6.45, 7) is 1.38. The summed E-state index contributed by atoms with van der Waals surface area (Å²) < 4.78 is 4.79. The molecule has 0 aliphatic carbocycles. The normalized spacial score (nSPS) is 12.5. The van der Waals surface area contributed by atoms with Gasteiger partial charge in [-0.25, -0.2) is 4.79 Å². The van der Waals surface area contributed by atoms with E-state index < -0.39 is 31.4 Å². The predicted octanol–water partition coefficient (Wildman–Crippen LogP) is 4.12. The minimum Gasteiger partial charge on any atom is -0.456 e. The van der Waals surface area contributed by atoms with Crippen molar-refractivity contribution in [1.82, 2.24) is 0 Å². The highest BCUT2D eigenvalue weighted by Gasteiger charge is 2.20. The number of rotatable bonds is 19. The Morgan fingerprint density at radius 2 is 1.12 bits per heavy atom. The highest BCUT2D eigenvalue weighted by Crippen LogP contribution is 2.14. The fraction of sp³-hybridized carbons (Fsp3) is 0.952. The molecule has 0 spiro atoms. The number of hydrogen-bond donors (Lipinski definition) is 3. The smallest absolute Gasteiger partial charge is 0.335 e. The zero-order valence-electron chi connectivity index (χ0n) is 16.8. The average molecular weight is 375 g/mol. The second-order valence-corrected chi connectivity index (χ2v) is 7.32. The van der Waals surface area contributed by atoms with Crippen LogP contribution in [0, 0.1) is 0 Å². The Balaban J connectivity index is 3.33. The summed E-state index contributed by atoms with van der Waals surface area (Å²) in [5.41, 5.74) is 0. The molecule has 1 atom stereocenters. The number of aliphatic hydroxyl groups is 3. The van der Waals surface area contributed by atoms with Crippen molar-refractivity contribution < 1.29 is 24.9 Å². The van der Waals surface area contributed by atoms with E-state index in [0.717, 1.165) is 19.3 Å². The summed E-state index contributed by atoms with van der Waals surface area (Å²) in [6.07, 6.45) is 16.0. The topological polar surface area (TPSA) is 87.0 Å². The summed E-state index contributed by atoms with van der Waals surface area (Å²) in [7, 11) is 0. The van der Waals surface area contributed by atoms with Crippen molar-refractivity contribution in [2.75, 3.05) is 13.2 Å². The third-order valence-corrected chi connectivity index (χ3v) is 4.79. The molecule has 0 bridgehead atoms. The Bertz CT molecular complexity index is 305. The number of esters is 1. The van der Waals surface area contributed by atoms with Gasteiger partial charge in [-0.15, -0.1) is 0 Å². The lowest BCUT2D eigenvalue weighted by atomic mass is 10.0. The SMILES string of the molecule is CCCCCCCCCCCCCCCC[C@H](O)C(=O)OC(CO)CO. The van der Waals surface area contributed by atoms with E-state index in [-0.39, 0.29) is 0 Å². The molecule has 0 aromatic rings. The molecule has 0 saturated heterocycles. The molecule has 0 radical (unpaired) electrons. The zero-order valence-corrected chi connectivity index (χ0v) is 16.8. The first kappa shape index (κ1) is 25.4. The van der Waals surface area contributed by atoms with E-state index in [2.05, 4.69) is 6.92 Å². The lowest BCUT2D eigenvalue weighted by Gasteiger charge is -2.15. The van der Waals surface area contributed by atoms with Crippen molar-refractivity contribution in [3.05, 3.63) is 0 Å². The van der Waals surface area contributed by atoms with E-state index >= 15 is 0 Å². The van der Waals surface area contributed by atoms with Gasteiger partial charge >= 0.3 is 5.97 Å². The molecule has 0 aliphatic heterocycles. The molecule has 0 aromatic carbocycles. The van der Waals surface area contributed by atoms with Crippen LogP contribution in [-0.4, -0.2) is 46.7 Å². The lowest BCUT2D eigenvalue weighted by molar-refractivity contribution is -0.163. The van der Waals surface area contributed by atoms with E-state index in [1.54, 1.807) is 0 Å². The molecular weight excluding hydrogens is 332 g/mol. The van der Waals surface area contributed by atoms with Gasteiger partial charge in [-0.3, -0.25) is 0 Å². The second-order valence-electron chi connectivity index (χ2n) is 7.32. The molecule has 26 heavy (non-hydrogen) atoms. The maximum absolute atomic E-state index is 11.5. The van der Waals surface area contributed by atoms with Crippen LogP contribution in [-0.2, 0) is 9.53 Å². The molecule has 0 amide bonds. The van der Waals surface area contributed by atoms with Crippen LogP contribution in [0.25, 0.3) is 0 Å². The number of carbonyl (C=O) groups excluding carboxylic acids is 1. The first-order valence-corrected chi connectivity index (χ1v) is 10.8. The molecule has 0 heterocycles. The third kappa shape index (κ3) is 15.6. The van der Waals surface area contributed by atoms with E-state index in [1.165, 1.54) is 70.6 Å². The van der Waals surface area contributed by atoms with Crippen LogP contribution >= 0.6 is 0 Å². The number of carbonyl (C=O) groups is 1. The van der Waals surface area contributed by atoms with E-state index in [9.17, 15) is 9.90 Å². The third-order valence-electron chi connectivity index (χ3n) is 4.79. The fourth-order valence-corrected chi connectivity index (χ4v) is 3.03. The van der Waals surface area contributed by atoms with Gasteiger partial charge in [-0.1, -0.05) is 96.8 Å². The number of hydrogen-bond acceptors (Lipinski definition) is 5. The van der Waals surface area contributed by atoms with Gasteiger partial charge in [0.1, 0.15) is 6.10 Å². The quantitative estimate of drug-likeness (QED) is 0.234.